The summed E-state index contributed by atoms with van der Waals surface area (Å²) < 4.78 is 53.4. The largest absolute Gasteiger partial charge is 0.284 e. The number of aromatic nitrogens is 2. The number of hydrogen-bond acceptors (Lipinski definition) is 6. The predicted octanol–water partition coefficient (Wildman–Crippen LogP) is 5.07. The molecule has 2 aromatic carbocycles. The van der Waals surface area contributed by atoms with E-state index in [0.29, 0.717) is 5.56 Å². The number of aryl methyl sites for hydroxylation is 1. The van der Waals surface area contributed by atoms with Gasteiger partial charge in [0.15, 0.2) is 20.8 Å². The summed E-state index contributed by atoms with van der Waals surface area (Å²) in [7, 11) is -3.54. The third kappa shape index (κ3) is 5.45. The average Bonchev–Trinajstić information content (AvgIpc) is 3.22. The van der Waals surface area contributed by atoms with Crippen molar-refractivity contribution in [1.29, 1.82) is 0 Å². The van der Waals surface area contributed by atoms with Gasteiger partial charge in [0, 0.05) is 24.9 Å². The van der Waals surface area contributed by atoms with Crippen molar-refractivity contribution in [3.8, 4) is 0 Å². The Balaban J connectivity index is 1.55. The van der Waals surface area contributed by atoms with Crippen molar-refractivity contribution in [3.05, 3.63) is 83.7 Å². The maximum atomic E-state index is 14.2. The van der Waals surface area contributed by atoms with E-state index in [1.54, 1.807) is 48.8 Å². The van der Waals surface area contributed by atoms with Gasteiger partial charge in [-0.2, -0.15) is 0 Å². The first kappa shape index (κ1) is 23.9. The van der Waals surface area contributed by atoms with Crippen LogP contribution in [0.15, 0.2) is 65.8 Å². The lowest BCUT2D eigenvalue weighted by Gasteiger charge is -2.20. The number of nitrogens with zero attached hydrogens (tertiary/aromatic N) is 3. The first-order chi connectivity index (χ1) is 16.2. The summed E-state index contributed by atoms with van der Waals surface area (Å²) >= 11 is 0.994. The number of rotatable bonds is 8. The number of hydrogen-bond donors (Lipinski definition) is 0. The average molecular weight is 502 g/mol. The van der Waals surface area contributed by atoms with Crippen LogP contribution < -0.4 is 4.90 Å². The lowest BCUT2D eigenvalue weighted by atomic mass is 10.2. The Labute approximate surface area is 199 Å². The monoisotopic (exact) mass is 501 g/mol. The van der Waals surface area contributed by atoms with E-state index < -0.39 is 21.5 Å². The van der Waals surface area contributed by atoms with E-state index >= 15 is 0 Å². The summed E-state index contributed by atoms with van der Waals surface area (Å²) in [6.45, 7) is 1.98. The Morgan fingerprint density at radius 1 is 1.12 bits per heavy atom. The highest BCUT2D eigenvalue weighted by molar-refractivity contribution is 7.91. The molecule has 0 aliphatic rings. The quantitative estimate of drug-likeness (QED) is 0.337. The van der Waals surface area contributed by atoms with Crippen LogP contribution in [0.25, 0.3) is 10.2 Å². The molecule has 6 nitrogen and oxygen atoms in total. The minimum absolute atomic E-state index is 0.0210. The Morgan fingerprint density at radius 2 is 1.88 bits per heavy atom. The molecule has 0 N–H and O–H groups in total. The number of carbonyl (C=O) groups excluding carboxylic acids is 1. The summed E-state index contributed by atoms with van der Waals surface area (Å²) in [4.78, 5) is 23.0. The number of halogens is 2. The number of sulfone groups is 1. The molecule has 176 valence electrons. The van der Waals surface area contributed by atoms with Gasteiger partial charge in [0.05, 0.1) is 21.9 Å². The van der Waals surface area contributed by atoms with Gasteiger partial charge in [-0.3, -0.25) is 14.7 Å². The lowest BCUT2D eigenvalue weighted by Crippen LogP contribution is -2.30. The second-order valence-corrected chi connectivity index (χ2v) is 10.9. The molecule has 0 aliphatic carbocycles. The second kappa shape index (κ2) is 9.94. The third-order valence-electron chi connectivity index (χ3n) is 5.18. The van der Waals surface area contributed by atoms with Crippen molar-refractivity contribution >= 4 is 42.4 Å². The normalized spacial score (nSPS) is 11.6. The summed E-state index contributed by atoms with van der Waals surface area (Å²) in [6.07, 6.45) is 3.24. The second-order valence-electron chi connectivity index (χ2n) is 7.81. The molecule has 0 saturated heterocycles. The smallest absolute Gasteiger partial charge is 0.229 e. The van der Waals surface area contributed by atoms with Crippen LogP contribution >= 0.6 is 11.3 Å². The van der Waals surface area contributed by atoms with Gasteiger partial charge < -0.3 is 0 Å². The Kier molecular flexibility index (Phi) is 6.99. The fourth-order valence-electron chi connectivity index (χ4n) is 3.41. The van der Waals surface area contributed by atoms with E-state index in [2.05, 4.69) is 9.97 Å². The molecule has 10 heteroatoms. The van der Waals surface area contributed by atoms with Gasteiger partial charge in [-0.1, -0.05) is 35.1 Å². The van der Waals surface area contributed by atoms with Crippen LogP contribution in [-0.2, 0) is 21.2 Å². The zero-order chi connectivity index (χ0) is 24.3. The Hall–Kier alpha value is -3.24. The number of amides is 1. The molecule has 4 rings (SSSR count). The minimum Gasteiger partial charge on any atom is -0.284 e. The van der Waals surface area contributed by atoms with Gasteiger partial charge in [0.25, 0.3) is 0 Å². The van der Waals surface area contributed by atoms with Crippen LogP contribution in [-0.4, -0.2) is 30.0 Å². The number of anilines is 1. The molecule has 2 heterocycles. The maximum absolute atomic E-state index is 14.2. The highest BCUT2D eigenvalue weighted by Gasteiger charge is 2.23. The molecule has 0 atom stereocenters. The maximum Gasteiger partial charge on any atom is 0.229 e. The van der Waals surface area contributed by atoms with Crippen LogP contribution in [0.4, 0.5) is 13.9 Å². The van der Waals surface area contributed by atoms with Crippen molar-refractivity contribution in [1.82, 2.24) is 9.97 Å². The van der Waals surface area contributed by atoms with Gasteiger partial charge >= 0.3 is 0 Å². The standard InChI is InChI=1S/C24H21F2N3O3S2/c1-16-6-8-19(9-7-16)34(31,32)11-3-5-22(30)29(15-17-4-2-10-27-14-17)24-28-23-20(26)12-18(25)13-21(23)33-24/h2,4,6-10,12-14H,3,5,11,15H2,1H3. The molecule has 0 fully saturated rings. The SMILES string of the molecule is Cc1ccc(S(=O)(=O)CCCC(=O)N(Cc2cccnc2)c2nc3c(F)cc(F)cc3s2)cc1. The molecule has 1 amide bonds. The van der Waals surface area contributed by atoms with Crippen molar-refractivity contribution in [3.63, 3.8) is 0 Å². The predicted molar refractivity (Wildman–Crippen MR) is 127 cm³/mol. The van der Waals surface area contributed by atoms with Crippen LogP contribution in [0.2, 0.25) is 0 Å². The molecule has 2 aromatic heterocycles. The molecule has 0 bridgehead atoms. The van der Waals surface area contributed by atoms with Crippen LogP contribution in [0.1, 0.15) is 24.0 Å². The molecule has 0 radical (unpaired) electrons. The van der Waals surface area contributed by atoms with E-state index in [0.717, 1.165) is 23.0 Å². The first-order valence-electron chi connectivity index (χ1n) is 10.5. The van der Waals surface area contributed by atoms with Crippen molar-refractivity contribution in [2.24, 2.45) is 0 Å². The van der Waals surface area contributed by atoms with Crippen LogP contribution in [0.5, 0.6) is 0 Å². The van der Waals surface area contributed by atoms with E-state index in [4.69, 9.17) is 0 Å². The van der Waals surface area contributed by atoms with E-state index in [9.17, 15) is 22.0 Å². The van der Waals surface area contributed by atoms with Crippen molar-refractivity contribution in [2.75, 3.05) is 10.7 Å². The Bertz CT molecular complexity index is 1420. The van der Waals surface area contributed by atoms with Crippen LogP contribution in [0.3, 0.4) is 0 Å². The van der Waals surface area contributed by atoms with Gasteiger partial charge in [-0.15, -0.1) is 0 Å². The fourth-order valence-corrected chi connectivity index (χ4v) is 5.74. The lowest BCUT2D eigenvalue weighted by molar-refractivity contribution is -0.118. The summed E-state index contributed by atoms with van der Waals surface area (Å²) in [5, 5.41) is 0.203. The summed E-state index contributed by atoms with van der Waals surface area (Å²) in [6, 6.07) is 12.0. The zero-order valence-corrected chi connectivity index (χ0v) is 19.9. The Morgan fingerprint density at radius 3 is 2.59 bits per heavy atom. The highest BCUT2D eigenvalue weighted by Crippen LogP contribution is 2.32. The van der Waals surface area contributed by atoms with Crippen LogP contribution in [0, 0.1) is 18.6 Å². The summed E-state index contributed by atoms with van der Waals surface area (Å²) in [5.74, 6) is -2.10. The number of carbonyl (C=O) groups is 1. The van der Waals surface area contributed by atoms with Gasteiger partial charge in [0.1, 0.15) is 11.3 Å². The highest BCUT2D eigenvalue weighted by atomic mass is 32.2. The molecule has 0 aliphatic heterocycles. The number of thiazole rings is 1. The van der Waals surface area contributed by atoms with Gasteiger partial charge in [0.2, 0.25) is 5.91 Å². The van der Waals surface area contributed by atoms with Crippen molar-refractivity contribution < 1.29 is 22.0 Å². The topological polar surface area (TPSA) is 80.2 Å². The molecule has 34 heavy (non-hydrogen) atoms. The number of fused-ring (bicyclic) bond motifs is 1. The first-order valence-corrected chi connectivity index (χ1v) is 12.9. The van der Waals surface area contributed by atoms with Gasteiger partial charge in [-0.25, -0.2) is 22.2 Å². The fraction of sp³-hybridized carbons (Fsp3) is 0.208. The summed E-state index contributed by atoms with van der Waals surface area (Å²) in [5.41, 5.74) is 1.65. The number of benzene rings is 2. The van der Waals surface area contributed by atoms with E-state index in [1.165, 1.54) is 11.0 Å². The molecule has 0 unspecified atom stereocenters. The molecule has 0 saturated carbocycles. The van der Waals surface area contributed by atoms with E-state index in [-0.39, 0.29) is 51.3 Å². The zero-order valence-electron chi connectivity index (χ0n) is 18.2. The van der Waals surface area contributed by atoms with Gasteiger partial charge in [-0.05, 0) is 43.2 Å². The molecular formula is C24H21F2N3O3S2. The molecule has 4 aromatic rings. The third-order valence-corrected chi connectivity index (χ3v) is 8.02. The number of pyridine rings is 1. The molecule has 0 spiro atoms. The minimum atomic E-state index is -3.54. The van der Waals surface area contributed by atoms with E-state index in [1.807, 2.05) is 6.92 Å². The molecular weight excluding hydrogens is 480 g/mol. The van der Waals surface area contributed by atoms with Crippen molar-refractivity contribution in [2.45, 2.75) is 31.2 Å².